The van der Waals surface area contributed by atoms with Crippen molar-refractivity contribution in [2.24, 2.45) is 11.8 Å². The topological polar surface area (TPSA) is 119 Å². The zero-order valence-corrected chi connectivity index (χ0v) is 17.6. The number of amides is 3. The molecule has 2 unspecified atom stereocenters. The third-order valence-corrected chi connectivity index (χ3v) is 6.19. The normalized spacial score (nSPS) is 20.1. The van der Waals surface area contributed by atoms with Crippen LogP contribution in [0.3, 0.4) is 0 Å². The highest BCUT2D eigenvalue weighted by atomic mass is 16.6. The van der Waals surface area contributed by atoms with Gasteiger partial charge >= 0.3 is 0 Å². The van der Waals surface area contributed by atoms with E-state index in [0.29, 0.717) is 23.2 Å². The number of imide groups is 1. The summed E-state index contributed by atoms with van der Waals surface area (Å²) in [5, 5.41) is 13.8. The molecular weight excluding hydrogens is 414 g/mol. The van der Waals surface area contributed by atoms with Crippen molar-refractivity contribution >= 4 is 29.1 Å². The lowest BCUT2D eigenvalue weighted by atomic mass is 9.78. The second kappa shape index (κ2) is 8.78. The van der Waals surface area contributed by atoms with Crippen LogP contribution in [0, 0.1) is 22.0 Å². The lowest BCUT2D eigenvalue weighted by Gasteiger charge is -2.33. The Morgan fingerprint density at radius 3 is 2.41 bits per heavy atom. The van der Waals surface area contributed by atoms with Gasteiger partial charge in [-0.05, 0) is 37.0 Å². The Balaban J connectivity index is 1.51. The first kappa shape index (κ1) is 21.5. The molecule has 1 aliphatic carbocycles. The number of nitrogens with one attached hydrogen (secondary N) is 1. The Morgan fingerprint density at radius 1 is 1.12 bits per heavy atom. The fourth-order valence-corrected chi connectivity index (χ4v) is 4.53. The molecule has 2 aromatic carbocycles. The first-order valence-corrected chi connectivity index (χ1v) is 10.5. The van der Waals surface area contributed by atoms with Crippen molar-refractivity contribution in [3.05, 3.63) is 63.7 Å². The van der Waals surface area contributed by atoms with E-state index in [1.807, 2.05) is 0 Å². The van der Waals surface area contributed by atoms with E-state index in [-0.39, 0.29) is 41.6 Å². The molecule has 4 rings (SSSR count). The molecule has 32 heavy (non-hydrogen) atoms. The van der Waals surface area contributed by atoms with Crippen molar-refractivity contribution in [3.63, 3.8) is 0 Å². The molecule has 2 aromatic rings. The third-order valence-electron chi connectivity index (χ3n) is 6.19. The molecule has 0 aromatic heterocycles. The average Bonchev–Trinajstić information content (AvgIpc) is 3.04. The summed E-state index contributed by atoms with van der Waals surface area (Å²) < 4.78 is 5.21. The number of hydrogen-bond donors (Lipinski definition) is 1. The maximum Gasteiger partial charge on any atom is 0.273 e. The Morgan fingerprint density at radius 2 is 1.78 bits per heavy atom. The van der Waals surface area contributed by atoms with Gasteiger partial charge in [-0.2, -0.15) is 0 Å². The molecule has 1 N–H and O–H groups in total. The number of ether oxygens (including phenoxy) is 1. The first-order chi connectivity index (χ1) is 15.4. The minimum Gasteiger partial charge on any atom is -0.494 e. The molecule has 1 heterocycles. The van der Waals surface area contributed by atoms with E-state index < -0.39 is 10.8 Å². The van der Waals surface area contributed by atoms with E-state index in [2.05, 4.69) is 5.32 Å². The summed E-state index contributed by atoms with van der Waals surface area (Å²) in [6.07, 6.45) is 3.14. The van der Waals surface area contributed by atoms with Crippen LogP contribution in [0.2, 0.25) is 0 Å². The van der Waals surface area contributed by atoms with Crippen LogP contribution in [0.1, 0.15) is 46.4 Å². The summed E-state index contributed by atoms with van der Waals surface area (Å²) >= 11 is 0. The minimum absolute atomic E-state index is 0.138. The van der Waals surface area contributed by atoms with E-state index in [1.165, 1.54) is 30.2 Å². The van der Waals surface area contributed by atoms with Crippen LogP contribution in [-0.2, 0) is 4.79 Å². The maximum atomic E-state index is 13.1. The molecule has 166 valence electrons. The van der Waals surface area contributed by atoms with E-state index in [0.717, 1.165) is 19.3 Å². The number of benzene rings is 2. The molecule has 0 radical (unpaired) electrons. The smallest absolute Gasteiger partial charge is 0.273 e. The highest BCUT2D eigenvalue weighted by Gasteiger charge is 2.40. The zero-order chi connectivity index (χ0) is 22.8. The number of rotatable bonds is 6. The van der Waals surface area contributed by atoms with Crippen LogP contribution in [-0.4, -0.2) is 41.2 Å². The van der Waals surface area contributed by atoms with Crippen molar-refractivity contribution in [3.8, 4) is 5.75 Å². The molecule has 0 saturated heterocycles. The fraction of sp³-hybridized carbons (Fsp3) is 0.348. The van der Waals surface area contributed by atoms with Crippen molar-refractivity contribution < 1.29 is 24.0 Å². The summed E-state index contributed by atoms with van der Waals surface area (Å²) in [5.74, 6) is -1.28. The molecule has 2 atom stereocenters. The van der Waals surface area contributed by atoms with Gasteiger partial charge in [0.05, 0.1) is 34.9 Å². The zero-order valence-electron chi connectivity index (χ0n) is 17.6. The van der Waals surface area contributed by atoms with E-state index in [9.17, 15) is 24.5 Å². The average molecular weight is 437 g/mol. The number of carbonyl (C=O) groups excluding carboxylic acids is 3. The van der Waals surface area contributed by atoms with E-state index in [4.69, 9.17) is 4.74 Å². The second-order valence-electron chi connectivity index (χ2n) is 8.05. The van der Waals surface area contributed by atoms with Crippen LogP contribution < -0.4 is 10.1 Å². The number of nitro groups is 1. The van der Waals surface area contributed by atoms with Gasteiger partial charge in [-0.3, -0.25) is 29.4 Å². The van der Waals surface area contributed by atoms with Gasteiger partial charge in [0, 0.05) is 18.5 Å². The molecular formula is C23H23N3O6. The largest absolute Gasteiger partial charge is 0.494 e. The van der Waals surface area contributed by atoms with E-state index in [1.54, 1.807) is 24.3 Å². The highest BCUT2D eigenvalue weighted by molar-refractivity contribution is 6.21. The Bertz CT molecular complexity index is 1060. The highest BCUT2D eigenvalue weighted by Crippen LogP contribution is 2.35. The van der Waals surface area contributed by atoms with Gasteiger partial charge < -0.3 is 10.1 Å². The van der Waals surface area contributed by atoms with Gasteiger partial charge in [-0.25, -0.2) is 0 Å². The quantitative estimate of drug-likeness (QED) is 0.419. The Kier molecular flexibility index (Phi) is 5.89. The molecule has 2 aliphatic rings. The Labute approximate surface area is 184 Å². The summed E-state index contributed by atoms with van der Waals surface area (Å²) in [6, 6.07) is 10.7. The standard InChI is InChI=1S/C23H23N3O6/c1-32-20-12-15(26(30)31)10-11-19(20)24-21(27)16-7-3-2-6-14(16)13-25-22(28)17-8-4-5-9-18(17)23(25)29/h4-5,8-12,14,16H,2-3,6-7,13H2,1H3,(H,24,27). The summed E-state index contributed by atoms with van der Waals surface area (Å²) in [5.41, 5.74) is 0.990. The fourth-order valence-electron chi connectivity index (χ4n) is 4.53. The molecule has 1 fully saturated rings. The van der Waals surface area contributed by atoms with Crippen LogP contribution >= 0.6 is 0 Å². The number of hydrogen-bond acceptors (Lipinski definition) is 6. The second-order valence-corrected chi connectivity index (χ2v) is 8.05. The summed E-state index contributed by atoms with van der Waals surface area (Å²) in [6.45, 7) is 0.182. The monoisotopic (exact) mass is 437 g/mol. The molecule has 1 saturated carbocycles. The van der Waals surface area contributed by atoms with Gasteiger partial charge in [-0.15, -0.1) is 0 Å². The Hall–Kier alpha value is -3.75. The number of nitrogens with zero attached hydrogens (tertiary/aromatic N) is 2. The molecule has 0 bridgehead atoms. The van der Waals surface area contributed by atoms with Gasteiger partial charge in [0.15, 0.2) is 0 Å². The minimum atomic E-state index is -0.534. The first-order valence-electron chi connectivity index (χ1n) is 10.5. The van der Waals surface area contributed by atoms with Gasteiger partial charge in [0.2, 0.25) is 5.91 Å². The van der Waals surface area contributed by atoms with Crippen molar-refractivity contribution in [2.75, 3.05) is 19.0 Å². The van der Waals surface area contributed by atoms with E-state index >= 15 is 0 Å². The van der Waals surface area contributed by atoms with Crippen molar-refractivity contribution in [1.82, 2.24) is 4.90 Å². The van der Waals surface area contributed by atoms with Crippen molar-refractivity contribution in [2.45, 2.75) is 25.7 Å². The van der Waals surface area contributed by atoms with Crippen LogP contribution in [0.15, 0.2) is 42.5 Å². The molecule has 9 heteroatoms. The van der Waals surface area contributed by atoms with Gasteiger partial charge in [0.1, 0.15) is 5.75 Å². The number of anilines is 1. The lowest BCUT2D eigenvalue weighted by Crippen LogP contribution is -2.41. The maximum absolute atomic E-state index is 13.1. The molecule has 3 amide bonds. The summed E-state index contributed by atoms with van der Waals surface area (Å²) in [4.78, 5) is 50.3. The predicted octanol–water partition coefficient (Wildman–Crippen LogP) is 3.64. The van der Waals surface area contributed by atoms with Crippen LogP contribution in [0.5, 0.6) is 5.75 Å². The predicted molar refractivity (Wildman–Crippen MR) is 116 cm³/mol. The number of non-ortho nitro benzene ring substituents is 1. The number of carbonyl (C=O) groups is 3. The molecule has 9 nitrogen and oxygen atoms in total. The third kappa shape index (κ3) is 3.93. The molecule has 1 aliphatic heterocycles. The number of fused-ring (bicyclic) bond motifs is 1. The van der Waals surface area contributed by atoms with Gasteiger partial charge in [-0.1, -0.05) is 25.0 Å². The lowest BCUT2D eigenvalue weighted by molar-refractivity contribution is -0.384. The SMILES string of the molecule is COc1cc([N+](=O)[O-])ccc1NC(=O)C1CCCCC1CN1C(=O)c2ccccc2C1=O. The van der Waals surface area contributed by atoms with Crippen LogP contribution in [0.25, 0.3) is 0 Å². The van der Waals surface area contributed by atoms with Gasteiger partial charge in [0.25, 0.3) is 17.5 Å². The number of nitro benzene ring substituents is 1. The number of methoxy groups -OCH3 is 1. The van der Waals surface area contributed by atoms with Crippen LogP contribution in [0.4, 0.5) is 11.4 Å². The molecule has 0 spiro atoms. The summed E-state index contributed by atoms with van der Waals surface area (Å²) in [7, 11) is 1.38. The van der Waals surface area contributed by atoms with Crippen molar-refractivity contribution in [1.29, 1.82) is 0 Å².